The summed E-state index contributed by atoms with van der Waals surface area (Å²) in [6.07, 6.45) is 12.1. The lowest BCUT2D eigenvalue weighted by Crippen LogP contribution is -2.30. The van der Waals surface area contributed by atoms with Gasteiger partial charge < -0.3 is 9.88 Å². The van der Waals surface area contributed by atoms with Crippen molar-refractivity contribution in [1.82, 2.24) is 39.2 Å². The third-order valence-electron chi connectivity index (χ3n) is 4.84. The van der Waals surface area contributed by atoms with Crippen molar-refractivity contribution in [2.45, 2.75) is 32.9 Å². The zero-order valence-corrected chi connectivity index (χ0v) is 17.4. The minimum atomic E-state index is -0.209. The normalized spacial score (nSPS) is 11.2. The van der Waals surface area contributed by atoms with Crippen LogP contribution in [-0.2, 0) is 17.9 Å². The lowest BCUT2D eigenvalue weighted by molar-refractivity contribution is -0.121. The van der Waals surface area contributed by atoms with Crippen LogP contribution < -0.4 is 10.9 Å². The van der Waals surface area contributed by atoms with Crippen molar-refractivity contribution in [2.75, 3.05) is 6.54 Å². The average Bonchev–Trinajstić information content (AvgIpc) is 3.50. The number of H-pyrrole nitrogens is 1. The Morgan fingerprint density at radius 1 is 1.23 bits per heavy atom. The molecule has 0 aromatic carbocycles. The number of hydrogen-bond acceptors (Lipinski definition) is 5. The van der Waals surface area contributed by atoms with Gasteiger partial charge in [-0.2, -0.15) is 5.10 Å². The highest BCUT2D eigenvalue weighted by Gasteiger charge is 2.18. The third kappa shape index (κ3) is 4.63. The largest absolute Gasteiger partial charge is 0.353 e. The van der Waals surface area contributed by atoms with Gasteiger partial charge in [-0.1, -0.05) is 13.8 Å². The minimum Gasteiger partial charge on any atom is -0.353 e. The molecule has 10 nitrogen and oxygen atoms in total. The summed E-state index contributed by atoms with van der Waals surface area (Å²) in [5.74, 6) is 0.199. The zero-order chi connectivity index (χ0) is 21.8. The summed E-state index contributed by atoms with van der Waals surface area (Å²) in [6.45, 7) is 5.20. The van der Waals surface area contributed by atoms with Crippen LogP contribution in [0.2, 0.25) is 0 Å². The highest BCUT2D eigenvalue weighted by atomic mass is 16.2. The van der Waals surface area contributed by atoms with E-state index < -0.39 is 0 Å². The molecule has 31 heavy (non-hydrogen) atoms. The molecule has 0 fully saturated rings. The molecule has 10 heteroatoms. The van der Waals surface area contributed by atoms with Crippen molar-refractivity contribution < 1.29 is 4.79 Å². The molecule has 160 valence electrons. The number of hydrogen-bond donors (Lipinski definition) is 2. The lowest BCUT2D eigenvalue weighted by Gasteiger charge is -2.12. The summed E-state index contributed by atoms with van der Waals surface area (Å²) in [5, 5.41) is 7.18. The van der Waals surface area contributed by atoms with Crippen LogP contribution in [0, 0.1) is 0 Å². The van der Waals surface area contributed by atoms with E-state index in [1.54, 1.807) is 40.4 Å². The number of carbonyl (C=O) groups is 1. The van der Waals surface area contributed by atoms with Crippen molar-refractivity contribution in [1.29, 1.82) is 0 Å². The maximum absolute atomic E-state index is 12.7. The van der Waals surface area contributed by atoms with Crippen molar-refractivity contribution in [3.8, 4) is 17.2 Å². The molecule has 0 radical (unpaired) electrons. The van der Waals surface area contributed by atoms with E-state index in [-0.39, 0.29) is 23.9 Å². The van der Waals surface area contributed by atoms with Crippen LogP contribution in [-0.4, -0.2) is 46.3 Å². The number of nitrogens with zero attached hydrogens (tertiary/aromatic N) is 6. The second-order valence-corrected chi connectivity index (χ2v) is 7.47. The van der Waals surface area contributed by atoms with Gasteiger partial charge in [0.15, 0.2) is 0 Å². The van der Waals surface area contributed by atoms with Gasteiger partial charge in [0.1, 0.15) is 12.9 Å². The molecule has 0 spiro atoms. The lowest BCUT2D eigenvalue weighted by atomic mass is 10.0. The second kappa shape index (κ2) is 8.82. The van der Waals surface area contributed by atoms with E-state index in [0.29, 0.717) is 35.9 Å². The maximum Gasteiger partial charge on any atom is 0.256 e. The summed E-state index contributed by atoms with van der Waals surface area (Å²) in [6, 6.07) is 3.89. The number of aromatic nitrogens is 7. The highest BCUT2D eigenvalue weighted by Crippen LogP contribution is 2.24. The van der Waals surface area contributed by atoms with Gasteiger partial charge in [-0.3, -0.25) is 23.8 Å². The Morgan fingerprint density at radius 3 is 2.74 bits per heavy atom. The molecule has 4 heterocycles. The topological polar surface area (TPSA) is 115 Å². The van der Waals surface area contributed by atoms with Crippen molar-refractivity contribution in [3.05, 3.63) is 71.6 Å². The summed E-state index contributed by atoms with van der Waals surface area (Å²) in [7, 11) is 0. The Labute approximate surface area is 178 Å². The van der Waals surface area contributed by atoms with Gasteiger partial charge in [0.2, 0.25) is 11.9 Å². The first-order valence-electron chi connectivity index (χ1n) is 10.0. The molecule has 0 unspecified atom stereocenters. The molecule has 0 atom stereocenters. The Balaban J connectivity index is 1.52. The Hall–Kier alpha value is -3.95. The van der Waals surface area contributed by atoms with Gasteiger partial charge in [0, 0.05) is 55.2 Å². The van der Waals surface area contributed by atoms with Gasteiger partial charge in [-0.05, 0) is 18.1 Å². The van der Waals surface area contributed by atoms with E-state index in [1.807, 2.05) is 42.9 Å². The van der Waals surface area contributed by atoms with Crippen LogP contribution in [0.4, 0.5) is 0 Å². The molecule has 0 saturated carbocycles. The first-order chi connectivity index (χ1) is 15.0. The molecule has 0 aliphatic rings. The molecule has 4 aromatic heterocycles. The molecule has 0 saturated heterocycles. The second-order valence-electron chi connectivity index (χ2n) is 7.47. The standard InChI is InChI=1S/C21H24N8O2/c1-15(2)18-19(25-21(26-20(18)31)28-10-5-22-14-28)16-11-24-29(12-16)13-17(30)23-6-9-27-7-3-4-8-27/h3-5,7-8,10-12,14-15H,6,9,13H2,1-2H3,(H,23,30)(H,25,26,31). The molecule has 0 aliphatic carbocycles. The van der Waals surface area contributed by atoms with Crippen LogP contribution in [0.3, 0.4) is 0 Å². The zero-order valence-electron chi connectivity index (χ0n) is 17.4. The average molecular weight is 420 g/mol. The highest BCUT2D eigenvalue weighted by molar-refractivity contribution is 5.75. The number of aromatic amines is 1. The van der Waals surface area contributed by atoms with E-state index in [0.717, 1.165) is 0 Å². The fraction of sp³-hybridized carbons (Fsp3) is 0.286. The predicted molar refractivity (Wildman–Crippen MR) is 115 cm³/mol. The van der Waals surface area contributed by atoms with Crippen LogP contribution in [0.15, 0.2) is 60.4 Å². The number of rotatable bonds is 8. The van der Waals surface area contributed by atoms with Gasteiger partial charge in [0.05, 0.1) is 11.9 Å². The molecule has 0 aliphatic heterocycles. The molecular weight excluding hydrogens is 396 g/mol. The molecular formula is C21H24N8O2. The van der Waals surface area contributed by atoms with Gasteiger partial charge >= 0.3 is 0 Å². The summed E-state index contributed by atoms with van der Waals surface area (Å²) >= 11 is 0. The van der Waals surface area contributed by atoms with Gasteiger partial charge in [-0.15, -0.1) is 0 Å². The number of amides is 1. The molecule has 1 amide bonds. The van der Waals surface area contributed by atoms with E-state index in [4.69, 9.17) is 0 Å². The summed E-state index contributed by atoms with van der Waals surface area (Å²) < 4.78 is 5.18. The molecule has 4 rings (SSSR count). The van der Waals surface area contributed by atoms with Crippen LogP contribution >= 0.6 is 0 Å². The molecule has 2 N–H and O–H groups in total. The smallest absolute Gasteiger partial charge is 0.256 e. The Bertz CT molecular complexity index is 1200. The van der Waals surface area contributed by atoms with E-state index in [2.05, 4.69) is 25.4 Å². The minimum absolute atomic E-state index is 0.0385. The van der Waals surface area contributed by atoms with Gasteiger partial charge in [0.25, 0.3) is 5.56 Å². The molecule has 4 aromatic rings. The SMILES string of the molecule is CC(C)c1c(-c2cnn(CC(=O)NCCn3cccc3)c2)nc(-n2ccnc2)[nH]c1=O. The van der Waals surface area contributed by atoms with Crippen LogP contribution in [0.25, 0.3) is 17.2 Å². The first kappa shape index (κ1) is 20.3. The third-order valence-corrected chi connectivity index (χ3v) is 4.84. The van der Waals surface area contributed by atoms with Crippen molar-refractivity contribution >= 4 is 5.91 Å². The Kier molecular flexibility index (Phi) is 5.78. The quantitative estimate of drug-likeness (QED) is 0.449. The Morgan fingerprint density at radius 2 is 2.03 bits per heavy atom. The monoisotopic (exact) mass is 420 g/mol. The van der Waals surface area contributed by atoms with Crippen molar-refractivity contribution in [3.63, 3.8) is 0 Å². The van der Waals surface area contributed by atoms with E-state index >= 15 is 0 Å². The predicted octanol–water partition coefficient (Wildman–Crippen LogP) is 1.56. The van der Waals surface area contributed by atoms with E-state index in [1.165, 1.54) is 0 Å². The maximum atomic E-state index is 12.7. The number of nitrogens with one attached hydrogen (secondary N) is 2. The van der Waals surface area contributed by atoms with E-state index in [9.17, 15) is 9.59 Å². The summed E-state index contributed by atoms with van der Waals surface area (Å²) in [4.78, 5) is 36.5. The summed E-state index contributed by atoms with van der Waals surface area (Å²) in [5.41, 5.74) is 1.58. The first-order valence-corrected chi connectivity index (χ1v) is 10.0. The van der Waals surface area contributed by atoms with Crippen LogP contribution in [0.1, 0.15) is 25.3 Å². The van der Waals surface area contributed by atoms with Crippen molar-refractivity contribution in [2.24, 2.45) is 0 Å². The van der Waals surface area contributed by atoms with Crippen LogP contribution in [0.5, 0.6) is 0 Å². The fourth-order valence-corrected chi connectivity index (χ4v) is 3.35. The van der Waals surface area contributed by atoms with Gasteiger partial charge in [-0.25, -0.2) is 9.97 Å². The fourth-order valence-electron chi connectivity index (χ4n) is 3.35. The molecule has 0 bridgehead atoms. The number of imidazole rings is 1. The number of carbonyl (C=O) groups excluding carboxylic acids is 1.